The fraction of sp³-hybridized carbons (Fsp3) is 0.389. The number of rotatable bonds is 4. The molecule has 1 aromatic carbocycles. The van der Waals surface area contributed by atoms with Crippen molar-refractivity contribution >= 4 is 11.9 Å². The number of amides is 1. The van der Waals surface area contributed by atoms with E-state index in [1.807, 2.05) is 13.0 Å². The summed E-state index contributed by atoms with van der Waals surface area (Å²) in [7, 11) is 1.55. The molecule has 2 bridgehead atoms. The number of anilines is 1. The van der Waals surface area contributed by atoms with Crippen LogP contribution >= 0.6 is 0 Å². The molecule has 118 valence electrons. The summed E-state index contributed by atoms with van der Waals surface area (Å²) in [6.07, 6.45) is 2.75. The smallest absolute Gasteiger partial charge is 0.233 e. The van der Waals surface area contributed by atoms with Gasteiger partial charge in [0.2, 0.25) is 17.7 Å². The summed E-state index contributed by atoms with van der Waals surface area (Å²) < 4.78 is 5.12. The van der Waals surface area contributed by atoms with E-state index in [9.17, 15) is 4.79 Å². The molecule has 0 unspecified atom stereocenters. The highest BCUT2D eigenvalue weighted by Gasteiger charge is 2.71. The van der Waals surface area contributed by atoms with Gasteiger partial charge in [0.05, 0.1) is 12.5 Å². The van der Waals surface area contributed by atoms with Crippen molar-refractivity contribution in [1.29, 1.82) is 0 Å². The number of benzene rings is 1. The Bertz CT molecular complexity index is 753. The maximum absolute atomic E-state index is 12.6. The van der Waals surface area contributed by atoms with E-state index < -0.39 is 0 Å². The average Bonchev–Trinajstić information content (AvgIpc) is 2.45. The minimum atomic E-state index is -0.240. The van der Waals surface area contributed by atoms with E-state index in [1.165, 1.54) is 5.56 Å². The van der Waals surface area contributed by atoms with Gasteiger partial charge in [-0.15, -0.1) is 0 Å². The van der Waals surface area contributed by atoms with Crippen molar-refractivity contribution in [3.8, 4) is 5.88 Å². The molecule has 1 heterocycles. The van der Waals surface area contributed by atoms with Gasteiger partial charge in [-0.1, -0.05) is 30.3 Å². The van der Waals surface area contributed by atoms with Crippen LogP contribution in [0.15, 0.2) is 36.4 Å². The van der Waals surface area contributed by atoms with Crippen molar-refractivity contribution < 1.29 is 9.53 Å². The first-order valence-corrected chi connectivity index (χ1v) is 7.82. The molecule has 1 aromatic heterocycles. The first-order chi connectivity index (χ1) is 11.1. The van der Waals surface area contributed by atoms with Crippen molar-refractivity contribution in [3.63, 3.8) is 0 Å². The Morgan fingerprint density at radius 1 is 1.17 bits per heavy atom. The molecule has 0 atom stereocenters. The van der Waals surface area contributed by atoms with Crippen LogP contribution in [0.3, 0.4) is 0 Å². The molecule has 3 fully saturated rings. The predicted octanol–water partition coefficient (Wildman–Crippen LogP) is 2.85. The average molecular weight is 309 g/mol. The Labute approximate surface area is 135 Å². The Morgan fingerprint density at radius 3 is 2.52 bits per heavy atom. The van der Waals surface area contributed by atoms with Crippen LogP contribution in [-0.4, -0.2) is 23.0 Å². The number of hydrogen-bond donors (Lipinski definition) is 1. The third kappa shape index (κ3) is 2.11. The SMILES string of the molecule is COc1cc(C)nc(NC(=O)C23CC(c4ccccc4)(C2)C3)n1. The number of nitrogens with one attached hydrogen (secondary N) is 1. The summed E-state index contributed by atoms with van der Waals surface area (Å²) in [6, 6.07) is 12.2. The van der Waals surface area contributed by atoms with Gasteiger partial charge in [0.1, 0.15) is 0 Å². The van der Waals surface area contributed by atoms with E-state index in [0.717, 1.165) is 25.0 Å². The molecule has 0 aliphatic heterocycles. The lowest BCUT2D eigenvalue weighted by atomic mass is 9.33. The van der Waals surface area contributed by atoms with Crippen LogP contribution < -0.4 is 10.1 Å². The van der Waals surface area contributed by atoms with Crippen molar-refractivity contribution in [2.45, 2.75) is 31.6 Å². The second-order valence-corrected chi connectivity index (χ2v) is 6.79. The van der Waals surface area contributed by atoms with Crippen LogP contribution in [0.5, 0.6) is 5.88 Å². The van der Waals surface area contributed by atoms with Gasteiger partial charge in [0, 0.05) is 11.8 Å². The zero-order chi connectivity index (χ0) is 16.1. The zero-order valence-corrected chi connectivity index (χ0v) is 13.3. The molecular weight excluding hydrogens is 290 g/mol. The third-order valence-corrected chi connectivity index (χ3v) is 5.16. The Morgan fingerprint density at radius 2 is 1.87 bits per heavy atom. The Kier molecular flexibility index (Phi) is 2.95. The number of ether oxygens (including phenoxy) is 1. The lowest BCUT2D eigenvalue weighted by Gasteiger charge is -2.69. The van der Waals surface area contributed by atoms with E-state index in [4.69, 9.17) is 4.74 Å². The minimum Gasteiger partial charge on any atom is -0.481 e. The molecule has 3 saturated carbocycles. The van der Waals surface area contributed by atoms with Crippen LogP contribution in [-0.2, 0) is 10.2 Å². The maximum Gasteiger partial charge on any atom is 0.233 e. The van der Waals surface area contributed by atoms with Crippen molar-refractivity contribution in [2.75, 3.05) is 12.4 Å². The largest absolute Gasteiger partial charge is 0.481 e. The molecule has 2 aromatic rings. The van der Waals surface area contributed by atoms with E-state index in [1.54, 1.807) is 13.2 Å². The number of carbonyl (C=O) groups is 1. The summed E-state index contributed by atoms with van der Waals surface area (Å²) in [4.78, 5) is 21.1. The molecule has 0 saturated heterocycles. The number of aromatic nitrogens is 2. The molecule has 1 amide bonds. The molecule has 23 heavy (non-hydrogen) atoms. The van der Waals surface area contributed by atoms with Crippen LogP contribution in [0.25, 0.3) is 0 Å². The highest BCUT2D eigenvalue weighted by molar-refractivity contribution is 5.97. The molecular formula is C18H19N3O2. The fourth-order valence-corrected chi connectivity index (χ4v) is 4.06. The predicted molar refractivity (Wildman–Crippen MR) is 86.4 cm³/mol. The lowest BCUT2D eigenvalue weighted by Crippen LogP contribution is -2.69. The Hall–Kier alpha value is -2.43. The van der Waals surface area contributed by atoms with E-state index in [2.05, 4.69) is 39.6 Å². The third-order valence-electron chi connectivity index (χ3n) is 5.16. The van der Waals surface area contributed by atoms with Gasteiger partial charge in [-0.05, 0) is 37.2 Å². The summed E-state index contributed by atoms with van der Waals surface area (Å²) in [6.45, 7) is 1.85. The maximum atomic E-state index is 12.6. The van der Waals surface area contributed by atoms with Gasteiger partial charge < -0.3 is 4.74 Å². The van der Waals surface area contributed by atoms with Gasteiger partial charge in [-0.3, -0.25) is 10.1 Å². The monoisotopic (exact) mass is 309 g/mol. The zero-order valence-electron chi connectivity index (χ0n) is 13.3. The molecule has 5 heteroatoms. The van der Waals surface area contributed by atoms with Gasteiger partial charge in [-0.25, -0.2) is 4.98 Å². The normalized spacial score (nSPS) is 27.6. The topological polar surface area (TPSA) is 64.1 Å². The number of aryl methyl sites for hydroxylation is 1. The summed E-state index contributed by atoms with van der Waals surface area (Å²) in [5.74, 6) is 0.819. The van der Waals surface area contributed by atoms with Gasteiger partial charge in [-0.2, -0.15) is 4.98 Å². The minimum absolute atomic E-state index is 0.0305. The molecule has 3 aliphatic rings. The van der Waals surface area contributed by atoms with Crippen molar-refractivity contribution in [3.05, 3.63) is 47.7 Å². The number of nitrogens with zero attached hydrogens (tertiary/aromatic N) is 2. The Balaban J connectivity index is 1.46. The van der Waals surface area contributed by atoms with E-state index in [-0.39, 0.29) is 16.7 Å². The number of carbonyl (C=O) groups excluding carboxylic acids is 1. The van der Waals surface area contributed by atoms with Crippen LogP contribution in [0.2, 0.25) is 0 Å². The number of methoxy groups -OCH3 is 1. The van der Waals surface area contributed by atoms with Gasteiger partial charge in [0.25, 0.3) is 0 Å². The second kappa shape index (κ2) is 4.78. The molecule has 1 N–H and O–H groups in total. The second-order valence-electron chi connectivity index (χ2n) is 6.79. The van der Waals surface area contributed by atoms with E-state index in [0.29, 0.717) is 11.8 Å². The number of hydrogen-bond acceptors (Lipinski definition) is 4. The standard InChI is InChI=1S/C18H19N3O2/c1-12-8-14(23-2)20-16(19-12)21-15(22)18-9-17(10-18,11-18)13-6-4-3-5-7-13/h3-8H,9-11H2,1-2H3,(H,19,20,21,22). The summed E-state index contributed by atoms with van der Waals surface area (Å²) >= 11 is 0. The van der Waals surface area contributed by atoms with Crippen molar-refractivity contribution in [2.24, 2.45) is 5.41 Å². The summed E-state index contributed by atoms with van der Waals surface area (Å²) in [5.41, 5.74) is 2.09. The molecule has 0 radical (unpaired) electrons. The molecule has 3 aliphatic carbocycles. The van der Waals surface area contributed by atoms with E-state index >= 15 is 0 Å². The van der Waals surface area contributed by atoms with Crippen LogP contribution in [0.1, 0.15) is 30.5 Å². The van der Waals surface area contributed by atoms with Gasteiger partial charge >= 0.3 is 0 Å². The summed E-state index contributed by atoms with van der Waals surface area (Å²) in [5, 5.41) is 2.87. The van der Waals surface area contributed by atoms with Gasteiger partial charge in [0.15, 0.2) is 0 Å². The fourth-order valence-electron chi connectivity index (χ4n) is 4.06. The quantitative estimate of drug-likeness (QED) is 0.943. The molecule has 5 rings (SSSR count). The van der Waals surface area contributed by atoms with Crippen LogP contribution in [0.4, 0.5) is 5.95 Å². The van der Waals surface area contributed by atoms with Crippen molar-refractivity contribution in [1.82, 2.24) is 9.97 Å². The molecule has 5 nitrogen and oxygen atoms in total. The highest BCUT2D eigenvalue weighted by Crippen LogP contribution is 2.73. The van der Waals surface area contributed by atoms with Crippen LogP contribution in [0, 0.1) is 12.3 Å². The first kappa shape index (κ1) is 14.2. The first-order valence-electron chi connectivity index (χ1n) is 7.82. The highest BCUT2D eigenvalue weighted by atomic mass is 16.5. The lowest BCUT2D eigenvalue weighted by molar-refractivity contribution is -0.170. The molecule has 0 spiro atoms.